The van der Waals surface area contributed by atoms with Crippen molar-refractivity contribution < 1.29 is 28.2 Å². The number of carbonyl (C=O) groups excluding carboxylic acids is 3. The molecule has 4 rings (SSSR count). The van der Waals surface area contributed by atoms with Gasteiger partial charge in [0.1, 0.15) is 5.82 Å². The monoisotopic (exact) mass is 477 g/mol. The van der Waals surface area contributed by atoms with Gasteiger partial charge in [-0.15, -0.1) is 0 Å². The quantitative estimate of drug-likeness (QED) is 0.262. The van der Waals surface area contributed by atoms with E-state index in [0.717, 1.165) is 22.9 Å². The predicted molar refractivity (Wildman–Crippen MR) is 127 cm³/mol. The van der Waals surface area contributed by atoms with Crippen molar-refractivity contribution in [1.82, 2.24) is 4.90 Å². The summed E-state index contributed by atoms with van der Waals surface area (Å²) >= 11 is 0.867. The van der Waals surface area contributed by atoms with Crippen molar-refractivity contribution >= 4 is 35.0 Å². The number of hydrogen-bond donors (Lipinski definition) is 0. The molecule has 0 saturated carbocycles. The molecule has 0 radical (unpaired) electrons. The largest absolute Gasteiger partial charge is 0.493 e. The van der Waals surface area contributed by atoms with Gasteiger partial charge in [0, 0.05) is 0 Å². The normalized spacial score (nSPS) is 14.6. The fourth-order valence-corrected chi connectivity index (χ4v) is 4.11. The highest BCUT2D eigenvalue weighted by Gasteiger charge is 2.35. The van der Waals surface area contributed by atoms with Crippen LogP contribution in [0.1, 0.15) is 27.0 Å². The van der Waals surface area contributed by atoms with Crippen molar-refractivity contribution in [2.75, 3.05) is 7.11 Å². The summed E-state index contributed by atoms with van der Waals surface area (Å²) in [7, 11) is 1.42. The minimum atomic E-state index is -0.664. The van der Waals surface area contributed by atoms with Crippen molar-refractivity contribution in [3.63, 3.8) is 0 Å². The maximum absolute atomic E-state index is 13.1. The molecule has 0 atom stereocenters. The highest BCUT2D eigenvalue weighted by atomic mass is 32.2. The maximum atomic E-state index is 13.1. The van der Waals surface area contributed by atoms with E-state index in [0.29, 0.717) is 5.56 Å². The molecule has 3 aromatic carbocycles. The number of esters is 1. The third-order valence-electron chi connectivity index (χ3n) is 5.10. The summed E-state index contributed by atoms with van der Waals surface area (Å²) in [5.41, 5.74) is 2.75. The van der Waals surface area contributed by atoms with Crippen molar-refractivity contribution in [2.45, 2.75) is 13.5 Å². The molecule has 0 N–H and O–H groups in total. The molecule has 1 aliphatic heterocycles. The first kappa shape index (κ1) is 23.3. The van der Waals surface area contributed by atoms with Crippen LogP contribution < -0.4 is 9.47 Å². The minimum absolute atomic E-state index is 0.168. The van der Waals surface area contributed by atoms with Gasteiger partial charge in [0.05, 0.1) is 24.1 Å². The number of halogens is 1. The number of ether oxygens (including phenoxy) is 2. The molecule has 0 spiro atoms. The van der Waals surface area contributed by atoms with Gasteiger partial charge >= 0.3 is 5.97 Å². The fourth-order valence-electron chi connectivity index (χ4n) is 3.27. The Balaban J connectivity index is 1.50. The summed E-state index contributed by atoms with van der Waals surface area (Å²) in [5, 5.41) is -0.339. The average molecular weight is 478 g/mol. The van der Waals surface area contributed by atoms with Crippen LogP contribution >= 0.6 is 11.8 Å². The Morgan fingerprint density at radius 3 is 2.38 bits per heavy atom. The molecule has 1 saturated heterocycles. The molecule has 172 valence electrons. The lowest BCUT2D eigenvalue weighted by atomic mass is 10.1. The minimum Gasteiger partial charge on any atom is -0.493 e. The second-order valence-corrected chi connectivity index (χ2v) is 8.55. The second-order valence-electron chi connectivity index (χ2n) is 7.56. The molecule has 0 aliphatic carbocycles. The van der Waals surface area contributed by atoms with Gasteiger partial charge in [0.2, 0.25) is 0 Å². The zero-order chi connectivity index (χ0) is 24.2. The molecule has 34 heavy (non-hydrogen) atoms. The van der Waals surface area contributed by atoms with Crippen molar-refractivity contribution in [3.05, 3.63) is 99.7 Å². The van der Waals surface area contributed by atoms with Crippen molar-refractivity contribution in [3.8, 4) is 11.5 Å². The first-order valence-corrected chi connectivity index (χ1v) is 11.1. The number of amides is 2. The van der Waals surface area contributed by atoms with Crippen LogP contribution in [-0.4, -0.2) is 29.1 Å². The van der Waals surface area contributed by atoms with E-state index in [1.165, 1.54) is 42.3 Å². The van der Waals surface area contributed by atoms with E-state index in [4.69, 9.17) is 9.47 Å². The molecule has 0 bridgehead atoms. The van der Waals surface area contributed by atoms with Crippen LogP contribution in [0.2, 0.25) is 0 Å². The number of hydrogen-bond acceptors (Lipinski definition) is 6. The molecular weight excluding hydrogens is 457 g/mol. The van der Waals surface area contributed by atoms with Gasteiger partial charge in [-0.25, -0.2) is 9.18 Å². The Labute approximate surface area is 200 Å². The van der Waals surface area contributed by atoms with E-state index in [1.807, 2.05) is 31.2 Å². The number of nitrogens with zero attached hydrogens (tertiary/aromatic N) is 1. The Kier molecular flexibility index (Phi) is 6.79. The highest BCUT2D eigenvalue weighted by Crippen LogP contribution is 2.35. The molecule has 1 aliphatic rings. The summed E-state index contributed by atoms with van der Waals surface area (Å²) in [4.78, 5) is 39.1. The molecular formula is C26H20FNO5S. The van der Waals surface area contributed by atoms with Crippen LogP contribution in [0, 0.1) is 12.7 Å². The van der Waals surface area contributed by atoms with Crippen LogP contribution in [0.3, 0.4) is 0 Å². The SMILES string of the molecule is COc1cc(/C=C2\SC(=O)N(Cc3ccc(C)cc3)C2=O)ccc1OC(=O)c1ccc(F)cc1. The molecule has 0 unspecified atom stereocenters. The lowest BCUT2D eigenvalue weighted by molar-refractivity contribution is -0.123. The first-order valence-electron chi connectivity index (χ1n) is 10.3. The number of carbonyl (C=O) groups is 3. The van der Waals surface area contributed by atoms with Crippen LogP contribution in [0.15, 0.2) is 71.6 Å². The van der Waals surface area contributed by atoms with E-state index in [9.17, 15) is 18.8 Å². The Morgan fingerprint density at radius 1 is 1.00 bits per heavy atom. The smallest absolute Gasteiger partial charge is 0.343 e. The van der Waals surface area contributed by atoms with Gasteiger partial charge in [0.15, 0.2) is 11.5 Å². The van der Waals surface area contributed by atoms with E-state index in [1.54, 1.807) is 18.2 Å². The van der Waals surface area contributed by atoms with Gasteiger partial charge in [-0.1, -0.05) is 35.9 Å². The highest BCUT2D eigenvalue weighted by molar-refractivity contribution is 8.18. The third-order valence-corrected chi connectivity index (χ3v) is 6.01. The Morgan fingerprint density at radius 2 is 1.71 bits per heavy atom. The zero-order valence-electron chi connectivity index (χ0n) is 18.4. The number of imide groups is 1. The Bertz CT molecular complexity index is 1290. The summed E-state index contributed by atoms with van der Waals surface area (Å²) in [6.07, 6.45) is 1.59. The maximum Gasteiger partial charge on any atom is 0.343 e. The number of thioether (sulfide) groups is 1. The first-order chi connectivity index (χ1) is 16.3. The number of rotatable bonds is 6. The molecule has 8 heteroatoms. The summed E-state index contributed by atoms with van der Waals surface area (Å²) in [6, 6.07) is 17.4. The van der Waals surface area contributed by atoms with E-state index >= 15 is 0 Å². The lowest BCUT2D eigenvalue weighted by Gasteiger charge is -2.12. The third kappa shape index (κ3) is 5.18. The van der Waals surface area contributed by atoms with E-state index in [2.05, 4.69) is 0 Å². The molecule has 0 aromatic heterocycles. The van der Waals surface area contributed by atoms with Crippen LogP contribution in [0.5, 0.6) is 11.5 Å². The van der Waals surface area contributed by atoms with Crippen LogP contribution in [-0.2, 0) is 11.3 Å². The molecule has 1 heterocycles. The molecule has 3 aromatic rings. The van der Waals surface area contributed by atoms with Gasteiger partial charge in [-0.2, -0.15) is 0 Å². The fraction of sp³-hybridized carbons (Fsp3) is 0.115. The van der Waals surface area contributed by atoms with E-state index in [-0.39, 0.29) is 39.7 Å². The van der Waals surface area contributed by atoms with Crippen molar-refractivity contribution in [1.29, 1.82) is 0 Å². The van der Waals surface area contributed by atoms with Gasteiger partial charge in [0.25, 0.3) is 11.1 Å². The average Bonchev–Trinajstić information content (AvgIpc) is 3.09. The zero-order valence-corrected chi connectivity index (χ0v) is 19.2. The standard InChI is InChI=1S/C26H20FNO5S/c1-16-3-5-17(6-4-16)15-28-24(29)23(34-26(28)31)14-18-7-12-21(22(13-18)32-2)33-25(30)19-8-10-20(27)11-9-19/h3-14H,15H2,1-2H3/b23-14-. The molecule has 2 amide bonds. The van der Waals surface area contributed by atoms with Gasteiger partial charge < -0.3 is 9.47 Å². The van der Waals surface area contributed by atoms with Gasteiger partial charge in [-0.3, -0.25) is 14.5 Å². The summed E-state index contributed by atoms with van der Waals surface area (Å²) in [5.74, 6) is -1.06. The van der Waals surface area contributed by atoms with Crippen LogP contribution in [0.4, 0.5) is 9.18 Å². The van der Waals surface area contributed by atoms with Crippen LogP contribution in [0.25, 0.3) is 6.08 Å². The summed E-state index contributed by atoms with van der Waals surface area (Å²) in [6.45, 7) is 2.17. The second kappa shape index (κ2) is 9.93. The predicted octanol–water partition coefficient (Wildman–Crippen LogP) is 5.60. The van der Waals surface area contributed by atoms with Gasteiger partial charge in [-0.05, 0) is 72.3 Å². The molecule has 1 fully saturated rings. The van der Waals surface area contributed by atoms with Crippen molar-refractivity contribution in [2.24, 2.45) is 0 Å². The number of aryl methyl sites for hydroxylation is 1. The lowest BCUT2D eigenvalue weighted by Crippen LogP contribution is -2.27. The van der Waals surface area contributed by atoms with E-state index < -0.39 is 11.8 Å². The number of methoxy groups -OCH3 is 1. The molecule has 6 nitrogen and oxygen atoms in total. The number of benzene rings is 3. The topological polar surface area (TPSA) is 72.9 Å². The summed E-state index contributed by atoms with van der Waals surface area (Å²) < 4.78 is 23.8. The Hall–Kier alpha value is -3.91.